The number of amides is 2. The van der Waals surface area contributed by atoms with Gasteiger partial charge in [0.05, 0.1) is 45.1 Å². The molecule has 6 rings (SSSR count). The van der Waals surface area contributed by atoms with Gasteiger partial charge in [-0.2, -0.15) is 15.0 Å². The molecule has 2 unspecified atom stereocenters. The lowest BCUT2D eigenvalue weighted by molar-refractivity contribution is 0.0897. The quantitative estimate of drug-likeness (QED) is 0.453. The zero-order valence-corrected chi connectivity index (χ0v) is 21.0. The summed E-state index contributed by atoms with van der Waals surface area (Å²) in [5.41, 5.74) is 2.91. The number of hydrogen-bond donors (Lipinski definition) is 3. The van der Waals surface area contributed by atoms with E-state index in [1.165, 1.54) is 0 Å². The summed E-state index contributed by atoms with van der Waals surface area (Å²) in [6.45, 7) is 4.11. The molecule has 1 aromatic heterocycles. The molecule has 3 aliphatic rings. The van der Waals surface area contributed by atoms with Crippen LogP contribution in [0, 0.1) is 0 Å². The summed E-state index contributed by atoms with van der Waals surface area (Å²) in [4.78, 5) is 31.5. The summed E-state index contributed by atoms with van der Waals surface area (Å²) in [5, 5.41) is 14.8. The Hall–Kier alpha value is -3.80. The summed E-state index contributed by atoms with van der Waals surface area (Å²) < 4.78 is 11.3. The first-order valence-corrected chi connectivity index (χ1v) is 13.0. The van der Waals surface area contributed by atoms with Gasteiger partial charge in [0.1, 0.15) is 0 Å². The summed E-state index contributed by atoms with van der Waals surface area (Å²) >= 11 is 0. The molecule has 38 heavy (non-hydrogen) atoms. The number of urea groups is 1. The molecule has 2 bridgehead atoms. The molecule has 3 N–H and O–H groups in total. The van der Waals surface area contributed by atoms with Gasteiger partial charge in [-0.1, -0.05) is 12.1 Å². The normalized spacial score (nSPS) is 20.9. The molecule has 3 fully saturated rings. The van der Waals surface area contributed by atoms with Crippen LogP contribution in [-0.4, -0.2) is 77.7 Å². The number of nitrogens with one attached hydrogen (secondary N) is 2. The van der Waals surface area contributed by atoms with Crippen LogP contribution in [0.1, 0.15) is 18.4 Å². The lowest BCUT2D eigenvalue weighted by Crippen LogP contribution is -2.47. The van der Waals surface area contributed by atoms with E-state index in [0.717, 1.165) is 37.1 Å². The van der Waals surface area contributed by atoms with Crippen LogP contribution in [0.4, 0.5) is 28.1 Å². The number of fused-ring (bicyclic) bond motifs is 2. The number of hydrogen-bond acceptors (Lipinski definition) is 9. The number of aliphatic hydroxyl groups excluding tert-OH is 1. The molecule has 2 atom stereocenters. The van der Waals surface area contributed by atoms with Crippen molar-refractivity contribution in [2.75, 3.05) is 60.0 Å². The van der Waals surface area contributed by atoms with E-state index in [1.807, 2.05) is 24.3 Å². The molecule has 0 spiro atoms. The van der Waals surface area contributed by atoms with E-state index in [1.54, 1.807) is 24.3 Å². The Kier molecular flexibility index (Phi) is 7.04. The zero-order chi connectivity index (χ0) is 25.9. The van der Waals surface area contributed by atoms with Crippen molar-refractivity contribution < 1.29 is 19.4 Å². The molecule has 0 aliphatic carbocycles. The van der Waals surface area contributed by atoms with Gasteiger partial charge in [-0.05, 0) is 54.8 Å². The molecule has 3 aromatic rings. The molecule has 11 nitrogen and oxygen atoms in total. The Bertz CT molecular complexity index is 1250. The van der Waals surface area contributed by atoms with E-state index >= 15 is 0 Å². The van der Waals surface area contributed by atoms with E-state index in [9.17, 15) is 9.90 Å². The van der Waals surface area contributed by atoms with E-state index in [2.05, 4.69) is 20.4 Å². The maximum atomic E-state index is 12.5. The molecule has 198 valence electrons. The average molecular weight is 518 g/mol. The highest BCUT2D eigenvalue weighted by Gasteiger charge is 2.39. The molecular formula is C27H31N7O4. The van der Waals surface area contributed by atoms with Gasteiger partial charge < -0.3 is 35.0 Å². The van der Waals surface area contributed by atoms with Crippen molar-refractivity contribution in [3.63, 3.8) is 0 Å². The van der Waals surface area contributed by atoms with Crippen molar-refractivity contribution in [2.24, 2.45) is 0 Å². The highest BCUT2D eigenvalue weighted by molar-refractivity contribution is 5.99. The van der Waals surface area contributed by atoms with Crippen LogP contribution >= 0.6 is 0 Å². The highest BCUT2D eigenvalue weighted by Crippen LogP contribution is 2.34. The van der Waals surface area contributed by atoms with Gasteiger partial charge in [-0.15, -0.1) is 0 Å². The Labute approximate surface area is 220 Å². The molecule has 3 aliphatic heterocycles. The molecular weight excluding hydrogens is 486 g/mol. The fourth-order valence-electron chi connectivity index (χ4n) is 5.15. The van der Waals surface area contributed by atoms with Gasteiger partial charge in [0.2, 0.25) is 11.9 Å². The third-order valence-electron chi connectivity index (χ3n) is 7.17. The third-order valence-corrected chi connectivity index (χ3v) is 7.17. The minimum atomic E-state index is -0.352. The van der Waals surface area contributed by atoms with Gasteiger partial charge in [-0.3, -0.25) is 0 Å². The summed E-state index contributed by atoms with van der Waals surface area (Å²) in [6.07, 6.45) is 2.15. The van der Waals surface area contributed by atoms with Crippen LogP contribution in [0.2, 0.25) is 0 Å². The smallest absolute Gasteiger partial charge is 0.323 e. The predicted molar refractivity (Wildman–Crippen MR) is 143 cm³/mol. The molecule has 4 heterocycles. The van der Waals surface area contributed by atoms with Crippen LogP contribution in [-0.2, 0) is 16.1 Å². The Morgan fingerprint density at radius 2 is 1.45 bits per heavy atom. The molecule has 3 saturated heterocycles. The van der Waals surface area contributed by atoms with Gasteiger partial charge in [-0.25, -0.2) is 4.79 Å². The second-order valence-corrected chi connectivity index (χ2v) is 9.70. The van der Waals surface area contributed by atoms with E-state index in [4.69, 9.17) is 24.4 Å². The van der Waals surface area contributed by atoms with Crippen molar-refractivity contribution in [2.45, 2.75) is 31.5 Å². The number of aliphatic hydroxyl groups is 1. The number of aromatic nitrogens is 3. The number of anilines is 4. The zero-order valence-electron chi connectivity index (χ0n) is 21.0. The fraction of sp³-hybridized carbons (Fsp3) is 0.407. The first-order chi connectivity index (χ1) is 18.7. The van der Waals surface area contributed by atoms with E-state index in [-0.39, 0.29) is 24.7 Å². The van der Waals surface area contributed by atoms with Gasteiger partial charge in [0, 0.05) is 30.0 Å². The number of nitrogens with zero attached hydrogens (tertiary/aromatic N) is 5. The molecule has 2 amide bonds. The Balaban J connectivity index is 1.22. The minimum Gasteiger partial charge on any atom is -0.392 e. The van der Waals surface area contributed by atoms with Crippen molar-refractivity contribution in [1.82, 2.24) is 15.0 Å². The second kappa shape index (κ2) is 10.9. The van der Waals surface area contributed by atoms with Crippen LogP contribution in [0.3, 0.4) is 0 Å². The molecule has 0 saturated carbocycles. The fourth-order valence-corrected chi connectivity index (χ4v) is 5.15. The van der Waals surface area contributed by atoms with Crippen molar-refractivity contribution >= 4 is 29.3 Å². The lowest BCUT2D eigenvalue weighted by Gasteiger charge is -2.35. The monoisotopic (exact) mass is 517 g/mol. The van der Waals surface area contributed by atoms with Gasteiger partial charge in [0.25, 0.3) is 0 Å². The van der Waals surface area contributed by atoms with Crippen LogP contribution < -0.4 is 20.4 Å². The van der Waals surface area contributed by atoms with E-state index < -0.39 is 0 Å². The number of ether oxygens (including phenoxy) is 2. The van der Waals surface area contributed by atoms with Gasteiger partial charge >= 0.3 is 6.03 Å². The average Bonchev–Trinajstić information content (AvgIpc) is 3.22. The number of benzene rings is 2. The first kappa shape index (κ1) is 24.5. The molecule has 0 radical (unpaired) electrons. The van der Waals surface area contributed by atoms with Crippen molar-refractivity contribution in [1.29, 1.82) is 0 Å². The lowest BCUT2D eigenvalue weighted by atomic mass is 10.2. The SMILES string of the molecule is O=C(Nc1ccc(CO)cc1)Nc1ccc(-c2nc(N3CCOCC3)nc(N3C4CCC3COC4)n2)cc1. The molecule has 11 heteroatoms. The number of morpholine rings is 2. The molecule has 2 aromatic carbocycles. The Morgan fingerprint density at radius 3 is 2.08 bits per heavy atom. The van der Waals surface area contributed by atoms with Crippen molar-refractivity contribution in [3.8, 4) is 11.4 Å². The number of carbonyl (C=O) groups is 1. The highest BCUT2D eigenvalue weighted by atomic mass is 16.5. The van der Waals surface area contributed by atoms with Crippen molar-refractivity contribution in [3.05, 3.63) is 54.1 Å². The summed E-state index contributed by atoms with van der Waals surface area (Å²) in [6, 6.07) is 14.7. The Morgan fingerprint density at radius 1 is 0.842 bits per heavy atom. The topological polar surface area (TPSA) is 125 Å². The summed E-state index contributed by atoms with van der Waals surface area (Å²) in [7, 11) is 0. The predicted octanol–water partition coefficient (Wildman–Crippen LogP) is 2.88. The van der Waals surface area contributed by atoms with Crippen LogP contribution in [0.5, 0.6) is 0 Å². The van der Waals surface area contributed by atoms with Gasteiger partial charge in [0.15, 0.2) is 5.82 Å². The largest absolute Gasteiger partial charge is 0.392 e. The first-order valence-electron chi connectivity index (χ1n) is 13.0. The maximum Gasteiger partial charge on any atom is 0.323 e. The standard InChI is InChI=1S/C27H31N7O4/c35-15-18-1-5-20(6-2-18)28-27(36)29-21-7-3-19(4-8-21)24-30-25(33-11-13-37-14-12-33)32-26(31-24)34-22-9-10-23(34)17-38-16-22/h1-8,22-23,35H,9-17H2,(H2,28,29,36). The number of carbonyl (C=O) groups excluding carboxylic acids is 1. The van der Waals surface area contributed by atoms with Crippen LogP contribution in [0.15, 0.2) is 48.5 Å². The summed E-state index contributed by atoms with van der Waals surface area (Å²) in [5.74, 6) is 1.96. The van der Waals surface area contributed by atoms with E-state index in [0.29, 0.717) is 55.5 Å². The number of rotatable bonds is 6. The maximum absolute atomic E-state index is 12.5. The third kappa shape index (κ3) is 5.26. The minimum absolute atomic E-state index is 0.0386. The van der Waals surface area contributed by atoms with Crippen LogP contribution in [0.25, 0.3) is 11.4 Å². The second-order valence-electron chi connectivity index (χ2n) is 9.70.